The van der Waals surface area contributed by atoms with E-state index in [1.54, 1.807) is 43.3 Å². The first kappa shape index (κ1) is 26.0. The minimum absolute atomic E-state index is 0.0687. The predicted molar refractivity (Wildman–Crippen MR) is 140 cm³/mol. The lowest BCUT2D eigenvalue weighted by Crippen LogP contribution is -2.25. The van der Waals surface area contributed by atoms with Gasteiger partial charge in [-0.3, -0.25) is 14.2 Å². The lowest BCUT2D eigenvalue weighted by atomic mass is 10.2. The Hall–Kier alpha value is -3.12. The fraction of sp³-hybridized carbons (Fsp3) is 0.208. The van der Waals surface area contributed by atoms with Crippen molar-refractivity contribution in [2.45, 2.75) is 23.5 Å². The first-order valence-electron chi connectivity index (χ1n) is 10.7. The fourth-order valence-electron chi connectivity index (χ4n) is 3.41. The zero-order valence-electron chi connectivity index (χ0n) is 19.7. The normalized spacial score (nSPS) is 11.8. The van der Waals surface area contributed by atoms with Gasteiger partial charge in [-0.2, -0.15) is 0 Å². The Morgan fingerprint density at radius 1 is 1.19 bits per heavy atom. The zero-order chi connectivity index (χ0) is 26.0. The fourth-order valence-corrected chi connectivity index (χ4v) is 5.30. The largest absolute Gasteiger partial charge is 0.467 e. The van der Waals surface area contributed by atoms with E-state index in [2.05, 4.69) is 10.3 Å². The number of carbonyl (C=O) groups excluding carboxylic acids is 1. The number of benzene rings is 2. The van der Waals surface area contributed by atoms with E-state index in [0.717, 1.165) is 16.1 Å². The number of carbonyl (C=O) groups is 1. The van der Waals surface area contributed by atoms with Crippen molar-refractivity contribution in [1.29, 1.82) is 0 Å². The Labute approximate surface area is 217 Å². The molecule has 0 saturated carbocycles. The molecule has 0 aliphatic heterocycles. The monoisotopic (exact) mass is 546 g/mol. The van der Waals surface area contributed by atoms with Crippen LogP contribution < -0.4 is 10.9 Å². The summed E-state index contributed by atoms with van der Waals surface area (Å²) in [6.45, 7) is 1.91. The molecule has 12 heteroatoms. The van der Waals surface area contributed by atoms with Crippen LogP contribution in [0.1, 0.15) is 11.3 Å². The van der Waals surface area contributed by atoms with E-state index in [4.69, 9.17) is 16.0 Å². The summed E-state index contributed by atoms with van der Waals surface area (Å²) in [7, 11) is -0.777. The number of anilines is 1. The Balaban J connectivity index is 1.60. The van der Waals surface area contributed by atoms with Gasteiger partial charge in [0.25, 0.3) is 5.56 Å². The third-order valence-corrected chi connectivity index (χ3v) is 8.39. The van der Waals surface area contributed by atoms with E-state index in [9.17, 15) is 18.0 Å². The van der Waals surface area contributed by atoms with Crippen LogP contribution in [0.4, 0.5) is 5.69 Å². The standard InChI is InChI=1S/C24H23ClN4O5S2/c1-15-6-8-18(36(32,33)28(2)3)12-20(15)26-22(30)14-35-24-27-21-11-16(25)7-9-19(21)23(31)29(24)13-17-5-4-10-34-17/h4-12H,13-14H2,1-3H3,(H,26,30). The molecule has 1 amide bonds. The minimum Gasteiger partial charge on any atom is -0.467 e. The third kappa shape index (κ3) is 5.49. The van der Waals surface area contributed by atoms with Gasteiger partial charge in [0.05, 0.1) is 34.4 Å². The molecule has 0 spiro atoms. The first-order chi connectivity index (χ1) is 17.1. The molecule has 0 aliphatic carbocycles. The predicted octanol–water partition coefficient (Wildman–Crippen LogP) is 3.98. The van der Waals surface area contributed by atoms with Crippen molar-refractivity contribution in [3.8, 4) is 0 Å². The van der Waals surface area contributed by atoms with Crippen LogP contribution in [0.15, 0.2) is 74.1 Å². The molecule has 9 nitrogen and oxygen atoms in total. The van der Waals surface area contributed by atoms with Crippen LogP contribution in [0.2, 0.25) is 5.02 Å². The molecule has 2 aromatic carbocycles. The molecule has 0 unspecified atom stereocenters. The number of thioether (sulfide) groups is 1. The number of rotatable bonds is 8. The number of aromatic nitrogens is 2. The molecule has 0 aliphatic rings. The Kier molecular flexibility index (Phi) is 7.55. The average molecular weight is 547 g/mol. The van der Waals surface area contributed by atoms with Crippen molar-refractivity contribution >= 4 is 55.9 Å². The summed E-state index contributed by atoms with van der Waals surface area (Å²) >= 11 is 7.17. The molecule has 2 aromatic heterocycles. The van der Waals surface area contributed by atoms with E-state index in [-0.39, 0.29) is 28.7 Å². The number of hydrogen-bond donors (Lipinski definition) is 1. The Morgan fingerprint density at radius 3 is 2.67 bits per heavy atom. The van der Waals surface area contributed by atoms with Crippen LogP contribution >= 0.6 is 23.4 Å². The molecule has 0 radical (unpaired) electrons. The summed E-state index contributed by atoms with van der Waals surface area (Å²) in [4.78, 5) is 30.7. The number of nitrogens with one attached hydrogen (secondary N) is 1. The molecule has 0 saturated heterocycles. The van der Waals surface area contributed by atoms with Crippen molar-refractivity contribution < 1.29 is 17.6 Å². The molecule has 4 aromatic rings. The van der Waals surface area contributed by atoms with Gasteiger partial charge in [-0.1, -0.05) is 29.4 Å². The van der Waals surface area contributed by atoms with Crippen LogP contribution in [0.25, 0.3) is 10.9 Å². The lowest BCUT2D eigenvalue weighted by molar-refractivity contribution is -0.113. The Bertz CT molecular complexity index is 1600. The van der Waals surface area contributed by atoms with Gasteiger partial charge in [-0.15, -0.1) is 0 Å². The number of sulfonamides is 1. The van der Waals surface area contributed by atoms with E-state index in [1.165, 1.54) is 37.1 Å². The van der Waals surface area contributed by atoms with Crippen LogP contribution in [0.3, 0.4) is 0 Å². The number of fused-ring (bicyclic) bond motifs is 1. The quantitative estimate of drug-likeness (QED) is 0.262. The van der Waals surface area contributed by atoms with Crippen molar-refractivity contribution in [3.63, 3.8) is 0 Å². The molecule has 4 rings (SSSR count). The average Bonchev–Trinajstić information content (AvgIpc) is 3.34. The van der Waals surface area contributed by atoms with Crippen LogP contribution in [-0.4, -0.2) is 48.0 Å². The minimum atomic E-state index is -3.66. The van der Waals surface area contributed by atoms with Gasteiger partial charge in [-0.05, 0) is 55.0 Å². The molecule has 2 heterocycles. The smallest absolute Gasteiger partial charge is 0.262 e. The summed E-state index contributed by atoms with van der Waals surface area (Å²) in [6, 6.07) is 12.9. The topological polar surface area (TPSA) is 115 Å². The highest BCUT2D eigenvalue weighted by Gasteiger charge is 2.19. The number of aryl methyl sites for hydroxylation is 1. The van der Waals surface area contributed by atoms with E-state index >= 15 is 0 Å². The summed E-state index contributed by atoms with van der Waals surface area (Å²) in [5.41, 5.74) is 1.23. The van der Waals surface area contributed by atoms with Gasteiger partial charge in [0.2, 0.25) is 15.9 Å². The first-order valence-corrected chi connectivity index (χ1v) is 13.5. The van der Waals surface area contributed by atoms with Crippen LogP contribution in [0, 0.1) is 6.92 Å². The number of halogens is 1. The second-order valence-electron chi connectivity index (χ2n) is 8.13. The van der Waals surface area contributed by atoms with Gasteiger partial charge in [-0.25, -0.2) is 17.7 Å². The Morgan fingerprint density at radius 2 is 1.97 bits per heavy atom. The number of nitrogens with zero attached hydrogens (tertiary/aromatic N) is 3. The maximum absolute atomic E-state index is 13.2. The lowest BCUT2D eigenvalue weighted by Gasteiger charge is -2.15. The second-order valence-corrected chi connectivity index (χ2v) is 11.7. The molecule has 0 fully saturated rings. The molecule has 188 valence electrons. The maximum atomic E-state index is 13.2. The van der Waals surface area contributed by atoms with Crippen molar-refractivity contribution in [1.82, 2.24) is 13.9 Å². The van der Waals surface area contributed by atoms with Crippen molar-refractivity contribution in [2.24, 2.45) is 0 Å². The van der Waals surface area contributed by atoms with Gasteiger partial charge >= 0.3 is 0 Å². The highest BCUT2D eigenvalue weighted by atomic mass is 35.5. The van der Waals surface area contributed by atoms with E-state index in [1.807, 2.05) is 0 Å². The highest BCUT2D eigenvalue weighted by molar-refractivity contribution is 7.99. The van der Waals surface area contributed by atoms with Gasteiger partial charge in [0, 0.05) is 24.8 Å². The van der Waals surface area contributed by atoms with Crippen molar-refractivity contribution in [3.05, 3.63) is 81.5 Å². The van der Waals surface area contributed by atoms with E-state index in [0.29, 0.717) is 38.1 Å². The van der Waals surface area contributed by atoms with Crippen LogP contribution in [-0.2, 0) is 21.4 Å². The third-order valence-electron chi connectivity index (χ3n) is 5.37. The molecule has 0 atom stereocenters. The SMILES string of the molecule is Cc1ccc(S(=O)(=O)N(C)C)cc1NC(=O)CSc1nc2cc(Cl)ccc2c(=O)n1Cc1ccco1. The maximum Gasteiger partial charge on any atom is 0.262 e. The molecule has 1 N–H and O–H groups in total. The number of hydrogen-bond acceptors (Lipinski definition) is 7. The number of furan rings is 1. The molecule has 0 bridgehead atoms. The molecule has 36 heavy (non-hydrogen) atoms. The summed E-state index contributed by atoms with van der Waals surface area (Å²) in [6.07, 6.45) is 1.52. The van der Waals surface area contributed by atoms with Gasteiger partial charge in [0.15, 0.2) is 5.16 Å². The van der Waals surface area contributed by atoms with E-state index < -0.39 is 10.0 Å². The summed E-state index contributed by atoms with van der Waals surface area (Å²) in [5.74, 6) is 0.112. The molecular formula is C24H23ClN4O5S2. The summed E-state index contributed by atoms with van der Waals surface area (Å²) in [5, 5.41) is 3.92. The zero-order valence-corrected chi connectivity index (χ0v) is 22.1. The van der Waals surface area contributed by atoms with Crippen molar-refractivity contribution in [2.75, 3.05) is 25.2 Å². The summed E-state index contributed by atoms with van der Waals surface area (Å²) < 4.78 is 32.9. The molecular weight excluding hydrogens is 524 g/mol. The highest BCUT2D eigenvalue weighted by Crippen LogP contribution is 2.24. The number of amides is 1. The van der Waals surface area contributed by atoms with Gasteiger partial charge < -0.3 is 9.73 Å². The van der Waals surface area contributed by atoms with Gasteiger partial charge in [0.1, 0.15) is 5.76 Å². The van der Waals surface area contributed by atoms with Crippen LogP contribution in [0.5, 0.6) is 0 Å². The second kappa shape index (κ2) is 10.5.